The maximum atomic E-state index is 5.53. The van der Waals surface area contributed by atoms with Crippen LogP contribution < -0.4 is 14.2 Å². The standard InChI is InChI=1S/C21H22N2O3/c1-24-18-12-15(13-19(25-2)20(18)26-3)17-11-14-7-4-5-8-16(14)21-22-9-6-10-23(17)21/h4-5,7-8,11-13H,6,9-10H2,1-3H3. The quantitative estimate of drug-likeness (QED) is 0.844. The number of methoxy groups -OCH3 is 3. The Bertz CT molecular complexity index is 877. The molecule has 4 rings (SSSR count). The largest absolute Gasteiger partial charge is 0.493 e. The van der Waals surface area contributed by atoms with Crippen molar-refractivity contribution in [1.29, 1.82) is 0 Å². The molecule has 0 unspecified atom stereocenters. The molecule has 0 radical (unpaired) electrons. The SMILES string of the molecule is COc1cc(C2=Cc3ccccc3C3=NCCCN23)cc(OC)c1OC. The molecule has 0 spiro atoms. The van der Waals surface area contributed by atoms with Crippen molar-refractivity contribution in [2.45, 2.75) is 6.42 Å². The Morgan fingerprint density at radius 2 is 1.69 bits per heavy atom. The molecule has 134 valence electrons. The van der Waals surface area contributed by atoms with E-state index in [9.17, 15) is 0 Å². The highest BCUT2D eigenvalue weighted by Gasteiger charge is 2.28. The van der Waals surface area contributed by atoms with Gasteiger partial charge in [0.1, 0.15) is 5.84 Å². The fourth-order valence-electron chi connectivity index (χ4n) is 3.59. The van der Waals surface area contributed by atoms with E-state index in [4.69, 9.17) is 19.2 Å². The van der Waals surface area contributed by atoms with Crippen LogP contribution in [0.2, 0.25) is 0 Å². The van der Waals surface area contributed by atoms with Gasteiger partial charge in [-0.05, 0) is 30.2 Å². The predicted octanol–water partition coefficient (Wildman–Crippen LogP) is 3.68. The number of amidine groups is 1. The molecule has 5 heteroatoms. The summed E-state index contributed by atoms with van der Waals surface area (Å²) in [5.74, 6) is 2.94. The number of hydrogen-bond donors (Lipinski definition) is 0. The van der Waals surface area contributed by atoms with Gasteiger partial charge in [-0.25, -0.2) is 0 Å². The van der Waals surface area contributed by atoms with Crippen LogP contribution >= 0.6 is 0 Å². The van der Waals surface area contributed by atoms with Crippen molar-refractivity contribution in [2.24, 2.45) is 4.99 Å². The van der Waals surface area contributed by atoms with E-state index in [1.165, 1.54) is 11.1 Å². The van der Waals surface area contributed by atoms with Gasteiger partial charge >= 0.3 is 0 Å². The van der Waals surface area contributed by atoms with Crippen LogP contribution in [0.25, 0.3) is 11.8 Å². The summed E-state index contributed by atoms with van der Waals surface area (Å²) in [6.45, 7) is 1.80. The molecule has 2 heterocycles. The first kappa shape index (κ1) is 16.5. The van der Waals surface area contributed by atoms with Crippen LogP contribution in [0.4, 0.5) is 0 Å². The van der Waals surface area contributed by atoms with Gasteiger partial charge in [0.15, 0.2) is 11.5 Å². The Morgan fingerprint density at radius 3 is 2.38 bits per heavy atom. The van der Waals surface area contributed by atoms with Crippen LogP contribution in [-0.4, -0.2) is 45.2 Å². The Kier molecular flexibility index (Phi) is 4.29. The van der Waals surface area contributed by atoms with E-state index in [0.717, 1.165) is 36.6 Å². The molecule has 5 nitrogen and oxygen atoms in total. The summed E-state index contributed by atoms with van der Waals surface area (Å²) in [6, 6.07) is 12.4. The Balaban J connectivity index is 1.91. The molecular formula is C21H22N2O3. The van der Waals surface area contributed by atoms with Crippen molar-refractivity contribution in [3.05, 3.63) is 53.1 Å². The third kappa shape index (κ3) is 2.60. The maximum Gasteiger partial charge on any atom is 0.203 e. The van der Waals surface area contributed by atoms with E-state index in [2.05, 4.69) is 35.2 Å². The minimum absolute atomic E-state index is 0.600. The number of aliphatic imine (C=N–C) groups is 1. The molecule has 0 saturated carbocycles. The zero-order chi connectivity index (χ0) is 18.1. The first-order chi connectivity index (χ1) is 12.8. The van der Waals surface area contributed by atoms with E-state index in [1.807, 2.05) is 12.1 Å². The topological polar surface area (TPSA) is 43.3 Å². The lowest BCUT2D eigenvalue weighted by molar-refractivity contribution is 0.324. The first-order valence-electron chi connectivity index (χ1n) is 8.70. The molecule has 0 aromatic heterocycles. The summed E-state index contributed by atoms with van der Waals surface area (Å²) in [7, 11) is 4.89. The molecule has 0 N–H and O–H groups in total. The molecule has 0 bridgehead atoms. The molecule has 2 aliphatic rings. The lowest BCUT2D eigenvalue weighted by Crippen LogP contribution is -2.37. The molecule has 2 aromatic rings. The second-order valence-corrected chi connectivity index (χ2v) is 6.24. The average Bonchev–Trinajstić information content (AvgIpc) is 2.72. The van der Waals surface area contributed by atoms with Crippen LogP contribution in [0.1, 0.15) is 23.1 Å². The van der Waals surface area contributed by atoms with Gasteiger partial charge in [-0.1, -0.05) is 24.3 Å². The van der Waals surface area contributed by atoms with Crippen LogP contribution in [0.15, 0.2) is 41.4 Å². The lowest BCUT2D eigenvalue weighted by atomic mass is 9.95. The molecule has 2 aromatic carbocycles. The number of nitrogens with zero attached hydrogens (tertiary/aromatic N) is 2. The number of rotatable bonds is 4. The van der Waals surface area contributed by atoms with Crippen molar-refractivity contribution in [1.82, 2.24) is 4.90 Å². The molecule has 2 aliphatic heterocycles. The van der Waals surface area contributed by atoms with Gasteiger partial charge in [0.05, 0.1) is 27.0 Å². The highest BCUT2D eigenvalue weighted by molar-refractivity contribution is 6.12. The van der Waals surface area contributed by atoms with Crippen molar-refractivity contribution in [3.63, 3.8) is 0 Å². The maximum absolute atomic E-state index is 5.53. The van der Waals surface area contributed by atoms with Crippen LogP contribution in [0, 0.1) is 0 Å². The Morgan fingerprint density at radius 1 is 0.962 bits per heavy atom. The van der Waals surface area contributed by atoms with Crippen molar-refractivity contribution >= 4 is 17.6 Å². The summed E-state index contributed by atoms with van der Waals surface area (Å²) in [5.41, 5.74) is 4.47. The summed E-state index contributed by atoms with van der Waals surface area (Å²) >= 11 is 0. The van der Waals surface area contributed by atoms with Gasteiger partial charge in [0.25, 0.3) is 0 Å². The van der Waals surface area contributed by atoms with Crippen molar-refractivity contribution in [3.8, 4) is 17.2 Å². The van der Waals surface area contributed by atoms with Gasteiger partial charge in [0, 0.05) is 24.2 Å². The van der Waals surface area contributed by atoms with Crippen LogP contribution in [-0.2, 0) is 0 Å². The van der Waals surface area contributed by atoms with Crippen LogP contribution in [0.3, 0.4) is 0 Å². The highest BCUT2D eigenvalue weighted by Crippen LogP contribution is 2.42. The van der Waals surface area contributed by atoms with Crippen molar-refractivity contribution < 1.29 is 14.2 Å². The number of ether oxygens (including phenoxy) is 3. The van der Waals surface area contributed by atoms with Gasteiger partial charge in [0.2, 0.25) is 5.75 Å². The summed E-state index contributed by atoms with van der Waals surface area (Å²) in [5, 5.41) is 0. The van der Waals surface area contributed by atoms with Gasteiger partial charge in [-0.2, -0.15) is 0 Å². The fraction of sp³-hybridized carbons (Fsp3) is 0.286. The zero-order valence-corrected chi connectivity index (χ0v) is 15.3. The average molecular weight is 350 g/mol. The van der Waals surface area contributed by atoms with Gasteiger partial charge in [-0.15, -0.1) is 0 Å². The molecule has 0 amide bonds. The molecular weight excluding hydrogens is 328 g/mol. The van der Waals surface area contributed by atoms with E-state index in [-0.39, 0.29) is 0 Å². The molecule has 0 aliphatic carbocycles. The van der Waals surface area contributed by atoms with E-state index in [1.54, 1.807) is 21.3 Å². The normalized spacial score (nSPS) is 15.4. The summed E-state index contributed by atoms with van der Waals surface area (Å²) < 4.78 is 16.5. The van der Waals surface area contributed by atoms with E-state index < -0.39 is 0 Å². The monoisotopic (exact) mass is 350 g/mol. The fourth-order valence-corrected chi connectivity index (χ4v) is 3.59. The third-order valence-corrected chi connectivity index (χ3v) is 4.80. The minimum atomic E-state index is 0.600. The third-order valence-electron chi connectivity index (χ3n) is 4.80. The van der Waals surface area contributed by atoms with E-state index >= 15 is 0 Å². The van der Waals surface area contributed by atoms with Gasteiger partial charge < -0.3 is 19.1 Å². The predicted molar refractivity (Wildman–Crippen MR) is 103 cm³/mol. The molecule has 0 fully saturated rings. The number of benzene rings is 2. The minimum Gasteiger partial charge on any atom is -0.493 e. The Labute approximate surface area is 153 Å². The van der Waals surface area contributed by atoms with Gasteiger partial charge in [-0.3, -0.25) is 4.99 Å². The lowest BCUT2D eigenvalue weighted by Gasteiger charge is -2.36. The molecule has 0 saturated heterocycles. The highest BCUT2D eigenvalue weighted by atomic mass is 16.5. The van der Waals surface area contributed by atoms with Crippen molar-refractivity contribution in [2.75, 3.05) is 34.4 Å². The molecule has 26 heavy (non-hydrogen) atoms. The Hall–Kier alpha value is -2.95. The summed E-state index contributed by atoms with van der Waals surface area (Å²) in [6.07, 6.45) is 3.24. The first-order valence-corrected chi connectivity index (χ1v) is 8.70. The number of hydrogen-bond acceptors (Lipinski definition) is 5. The zero-order valence-electron chi connectivity index (χ0n) is 15.3. The second-order valence-electron chi connectivity index (χ2n) is 6.24. The smallest absolute Gasteiger partial charge is 0.203 e. The second kappa shape index (κ2) is 6.75. The summed E-state index contributed by atoms with van der Waals surface area (Å²) in [4.78, 5) is 7.09. The van der Waals surface area contributed by atoms with E-state index in [0.29, 0.717) is 17.2 Å². The van der Waals surface area contributed by atoms with Crippen LogP contribution in [0.5, 0.6) is 17.2 Å². The molecule has 0 atom stereocenters. The number of fused-ring (bicyclic) bond motifs is 3.